The minimum atomic E-state index is -0.167. The van der Waals surface area contributed by atoms with Gasteiger partial charge in [0.15, 0.2) is 0 Å². The molecule has 3 aliphatic heterocycles. The van der Waals surface area contributed by atoms with Gasteiger partial charge < -0.3 is 18.3 Å². The van der Waals surface area contributed by atoms with Gasteiger partial charge in [-0.25, -0.2) is 0 Å². The SMILES string of the molecule is N#Cc1ccc(C2=CC3C4B(c5oc6cccc7c6c5N3c3cccc5c3C7CC=C5)c3oc5cccc6c7cccc8cccc(c87)n(c3c56)C4=C2)cc1. The second-order valence-electron chi connectivity index (χ2n) is 15.8. The molecule has 55 heavy (non-hydrogen) atoms. The molecule has 0 saturated heterocycles. The van der Waals surface area contributed by atoms with Crippen molar-refractivity contribution in [2.75, 3.05) is 4.90 Å². The van der Waals surface area contributed by atoms with Gasteiger partial charge in [0.2, 0.25) is 0 Å². The van der Waals surface area contributed by atoms with Gasteiger partial charge in [0.1, 0.15) is 11.2 Å². The molecule has 6 heteroatoms. The van der Waals surface area contributed by atoms with E-state index in [4.69, 9.17) is 8.83 Å². The van der Waals surface area contributed by atoms with Gasteiger partial charge in [0.25, 0.3) is 0 Å². The van der Waals surface area contributed by atoms with Gasteiger partial charge in [-0.1, -0.05) is 97.1 Å². The lowest BCUT2D eigenvalue weighted by Crippen LogP contribution is -2.60. The lowest BCUT2D eigenvalue weighted by atomic mass is 9.32. The summed E-state index contributed by atoms with van der Waals surface area (Å²) < 4.78 is 17.0. The van der Waals surface area contributed by atoms with Crippen molar-refractivity contribution < 1.29 is 8.83 Å². The quantitative estimate of drug-likeness (QED) is 0.160. The fraction of sp³-hybridized carbons (Fsp3) is 0.0816. The van der Waals surface area contributed by atoms with Gasteiger partial charge in [-0.3, -0.25) is 0 Å². The molecule has 14 rings (SSSR count). The molecule has 3 unspecified atom stereocenters. The van der Waals surface area contributed by atoms with E-state index < -0.39 is 0 Å². The zero-order valence-corrected chi connectivity index (χ0v) is 29.5. The molecule has 3 aromatic heterocycles. The van der Waals surface area contributed by atoms with Crippen LogP contribution in [-0.4, -0.2) is 17.3 Å². The molecule has 5 aliphatic rings. The maximum Gasteiger partial charge on any atom is 0.318 e. The number of anilines is 2. The molecule has 0 N–H and O–H groups in total. The average Bonchev–Trinajstić information content (AvgIpc) is 3.74. The van der Waals surface area contributed by atoms with Crippen LogP contribution in [0.15, 0.2) is 142 Å². The van der Waals surface area contributed by atoms with Crippen LogP contribution >= 0.6 is 0 Å². The molecular formula is C49H28BN3O2. The number of hydrogen-bond acceptors (Lipinski definition) is 4. The third-order valence-corrected chi connectivity index (χ3v) is 13.3. The fourth-order valence-corrected chi connectivity index (χ4v) is 11.3. The summed E-state index contributed by atoms with van der Waals surface area (Å²) in [6, 6.07) is 43.7. The number of aromatic nitrogens is 1. The predicted octanol–water partition coefficient (Wildman–Crippen LogP) is 10.6. The number of hydrogen-bond donors (Lipinski definition) is 0. The number of furan rings is 2. The summed E-state index contributed by atoms with van der Waals surface area (Å²) in [5, 5.41) is 17.0. The van der Waals surface area contributed by atoms with Gasteiger partial charge in [-0.05, 0) is 92.9 Å². The monoisotopic (exact) mass is 701 g/mol. The maximum atomic E-state index is 9.73. The molecule has 0 radical (unpaired) electrons. The third kappa shape index (κ3) is 3.34. The average molecular weight is 702 g/mol. The molecule has 0 spiro atoms. The molecule has 5 nitrogen and oxygen atoms in total. The van der Waals surface area contributed by atoms with Crippen LogP contribution < -0.4 is 16.2 Å². The van der Waals surface area contributed by atoms with Crippen molar-refractivity contribution >= 4 is 101 Å². The van der Waals surface area contributed by atoms with Crippen molar-refractivity contribution in [3.63, 3.8) is 0 Å². The van der Waals surface area contributed by atoms with Crippen LogP contribution in [0.25, 0.3) is 71.9 Å². The number of benzene rings is 6. The summed E-state index contributed by atoms with van der Waals surface area (Å²) in [7, 11) is 0. The Labute approximate surface area is 315 Å². The van der Waals surface area contributed by atoms with Crippen LogP contribution in [0.4, 0.5) is 11.4 Å². The topological polar surface area (TPSA) is 58.2 Å². The van der Waals surface area contributed by atoms with Crippen LogP contribution in [0, 0.1) is 11.3 Å². The molecule has 0 amide bonds. The van der Waals surface area contributed by atoms with Crippen molar-refractivity contribution in [3.05, 3.63) is 161 Å². The number of allylic oxidation sites excluding steroid dienone is 3. The first-order chi connectivity index (χ1) is 27.2. The third-order valence-electron chi connectivity index (χ3n) is 13.3. The Hall–Kier alpha value is -6.97. The Morgan fingerprint density at radius 3 is 2.38 bits per heavy atom. The van der Waals surface area contributed by atoms with E-state index in [2.05, 4.69) is 143 Å². The van der Waals surface area contributed by atoms with E-state index in [1.54, 1.807) is 0 Å². The van der Waals surface area contributed by atoms with E-state index in [0.717, 1.165) is 62.1 Å². The Bertz CT molecular complexity index is 3400. The van der Waals surface area contributed by atoms with Gasteiger partial charge in [0, 0.05) is 33.9 Å². The fourth-order valence-electron chi connectivity index (χ4n) is 11.3. The predicted molar refractivity (Wildman–Crippen MR) is 223 cm³/mol. The standard InChI is InChI=1S/C49H28BN3O2/c51-25-26-19-21-27(22-20-26)30-23-37-45-38(24-30)53-36-16-4-10-29-8-2-12-32(42(29)36)34-14-6-18-40-44(34)47(53)49(55-40)50(45)48-46-43-33(13-5-17-39(43)54-48)31-11-1-7-28-9-3-15-35(41(28)31)52(37)46/h1-11,13-24,32,38,45H,12H2. The van der Waals surface area contributed by atoms with Gasteiger partial charge >= 0.3 is 6.71 Å². The van der Waals surface area contributed by atoms with Crippen LogP contribution in [-0.2, 0) is 0 Å². The first-order valence-electron chi connectivity index (χ1n) is 19.2. The summed E-state index contributed by atoms with van der Waals surface area (Å²) in [5.41, 5.74) is 16.6. The summed E-state index contributed by atoms with van der Waals surface area (Å²) in [6.45, 7) is -0.167. The zero-order valence-electron chi connectivity index (χ0n) is 29.5. The molecule has 6 aromatic carbocycles. The highest BCUT2D eigenvalue weighted by Crippen LogP contribution is 2.58. The van der Waals surface area contributed by atoms with Gasteiger partial charge in [-0.15, -0.1) is 0 Å². The minimum Gasteiger partial charge on any atom is -0.468 e. The van der Waals surface area contributed by atoms with Crippen molar-refractivity contribution in [1.82, 2.24) is 4.57 Å². The van der Waals surface area contributed by atoms with Crippen LogP contribution in [0.5, 0.6) is 0 Å². The maximum absolute atomic E-state index is 9.73. The molecular weight excluding hydrogens is 673 g/mol. The molecule has 9 aromatic rings. The summed E-state index contributed by atoms with van der Waals surface area (Å²) in [4.78, 5) is 2.63. The van der Waals surface area contributed by atoms with Gasteiger partial charge in [-0.2, -0.15) is 5.26 Å². The smallest absolute Gasteiger partial charge is 0.318 e. The Kier molecular flexibility index (Phi) is 5.06. The van der Waals surface area contributed by atoms with Crippen LogP contribution in [0.2, 0.25) is 5.82 Å². The normalized spacial score (nSPS) is 19.8. The van der Waals surface area contributed by atoms with Crippen molar-refractivity contribution in [3.8, 4) is 6.07 Å². The second-order valence-corrected chi connectivity index (χ2v) is 15.8. The Morgan fingerprint density at radius 2 is 1.51 bits per heavy atom. The van der Waals surface area contributed by atoms with E-state index in [1.165, 1.54) is 55.0 Å². The van der Waals surface area contributed by atoms with E-state index in [9.17, 15) is 5.26 Å². The van der Waals surface area contributed by atoms with E-state index >= 15 is 0 Å². The van der Waals surface area contributed by atoms with Crippen molar-refractivity contribution in [1.29, 1.82) is 5.26 Å². The van der Waals surface area contributed by atoms with Gasteiger partial charge in [0.05, 0.1) is 51.1 Å². The zero-order chi connectivity index (χ0) is 35.7. The highest BCUT2D eigenvalue weighted by Gasteiger charge is 2.57. The number of nitriles is 1. The molecule has 254 valence electrons. The number of fused-ring (bicyclic) bond motifs is 8. The van der Waals surface area contributed by atoms with E-state index in [1.807, 2.05) is 12.1 Å². The molecule has 0 bridgehead atoms. The Balaban J connectivity index is 1.20. The number of rotatable bonds is 1. The van der Waals surface area contributed by atoms with Crippen molar-refractivity contribution in [2.24, 2.45) is 0 Å². The van der Waals surface area contributed by atoms with Crippen LogP contribution in [0.3, 0.4) is 0 Å². The second kappa shape index (κ2) is 9.76. The molecule has 6 heterocycles. The highest BCUT2D eigenvalue weighted by molar-refractivity contribution is 6.90. The Morgan fingerprint density at radius 1 is 0.745 bits per heavy atom. The molecule has 2 aliphatic carbocycles. The molecule has 0 fully saturated rings. The molecule has 3 atom stereocenters. The first-order valence-corrected chi connectivity index (χ1v) is 19.2. The van der Waals surface area contributed by atoms with Crippen LogP contribution in [0.1, 0.15) is 40.2 Å². The largest absolute Gasteiger partial charge is 0.468 e. The number of nitrogens with zero attached hydrogens (tertiary/aromatic N) is 3. The van der Waals surface area contributed by atoms with Crippen molar-refractivity contribution in [2.45, 2.75) is 24.2 Å². The summed E-state index contributed by atoms with van der Waals surface area (Å²) in [5.74, 6) is 0.178. The highest BCUT2D eigenvalue weighted by atomic mass is 16.3. The van der Waals surface area contributed by atoms with E-state index in [-0.39, 0.29) is 24.5 Å². The summed E-state index contributed by atoms with van der Waals surface area (Å²) in [6.07, 6.45) is 10.5. The first kappa shape index (κ1) is 28.5. The molecule has 0 saturated carbocycles. The summed E-state index contributed by atoms with van der Waals surface area (Å²) >= 11 is 0. The lowest BCUT2D eigenvalue weighted by Gasteiger charge is -2.48. The lowest BCUT2D eigenvalue weighted by molar-refractivity contribution is 0.618. The minimum absolute atomic E-state index is 0.0396. The van der Waals surface area contributed by atoms with E-state index in [0.29, 0.717) is 5.56 Å².